The molecule has 0 atom stereocenters. The molecule has 1 N–H and O–H groups in total. The van der Waals surface area contributed by atoms with Crippen LogP contribution in [0.15, 0.2) is 20.2 Å². The molecule has 0 unspecified atom stereocenters. The first kappa shape index (κ1) is 13.6. The van der Waals surface area contributed by atoms with E-state index in [4.69, 9.17) is 9.68 Å². The van der Waals surface area contributed by atoms with Crippen molar-refractivity contribution in [3.63, 3.8) is 0 Å². The second-order valence-corrected chi connectivity index (χ2v) is 4.26. The summed E-state index contributed by atoms with van der Waals surface area (Å²) < 4.78 is 7.37. The predicted octanol–water partition coefficient (Wildman–Crippen LogP) is -0.136. The second-order valence-electron chi connectivity index (χ2n) is 4.26. The zero-order valence-corrected chi connectivity index (χ0v) is 11.3. The molecule has 8 nitrogen and oxygen atoms in total. The Morgan fingerprint density at radius 1 is 1.40 bits per heavy atom. The first-order valence-electron chi connectivity index (χ1n) is 5.81. The Balaban J connectivity index is 2.44. The monoisotopic (exact) mass is 275 g/mol. The highest BCUT2D eigenvalue weighted by Crippen LogP contribution is 2.09. The molecular formula is C12H13N5O3. The van der Waals surface area contributed by atoms with Crippen LogP contribution in [0.5, 0.6) is 0 Å². The number of anilines is 1. The van der Waals surface area contributed by atoms with Crippen LogP contribution < -0.4 is 16.6 Å². The minimum absolute atomic E-state index is 0.127. The first-order valence-corrected chi connectivity index (χ1v) is 5.81. The van der Waals surface area contributed by atoms with E-state index in [1.54, 1.807) is 13.1 Å². The maximum absolute atomic E-state index is 11.9. The van der Waals surface area contributed by atoms with Gasteiger partial charge in [-0.05, 0) is 6.92 Å². The molecule has 0 bridgehead atoms. The fraction of sp³-hybridized carbons (Fsp3) is 0.333. The van der Waals surface area contributed by atoms with Gasteiger partial charge in [0.1, 0.15) is 17.6 Å². The van der Waals surface area contributed by atoms with Gasteiger partial charge in [-0.2, -0.15) is 5.26 Å². The van der Waals surface area contributed by atoms with Crippen LogP contribution in [0.4, 0.5) is 5.82 Å². The largest absolute Gasteiger partial charge is 0.444 e. The third-order valence-corrected chi connectivity index (χ3v) is 2.85. The van der Waals surface area contributed by atoms with Crippen molar-refractivity contribution in [1.82, 2.24) is 14.1 Å². The van der Waals surface area contributed by atoms with Gasteiger partial charge in [-0.3, -0.25) is 13.9 Å². The van der Waals surface area contributed by atoms with Crippen molar-refractivity contribution in [3.8, 4) is 6.07 Å². The molecule has 0 aliphatic rings. The van der Waals surface area contributed by atoms with Crippen LogP contribution in [-0.4, -0.2) is 14.1 Å². The molecule has 0 saturated heterocycles. The normalized spacial score (nSPS) is 10.3. The topological polar surface area (TPSA) is 106 Å². The highest BCUT2D eigenvalue weighted by molar-refractivity contribution is 5.51. The average Bonchev–Trinajstić information content (AvgIpc) is 2.84. The standard InChI is InChI=1S/C12H13N5O3/c1-7-5-14-9(20-7)6-15-10-8(4-13)11(18)17(3)12(19)16(10)2/h5,15H,6H2,1-3H3. The van der Waals surface area contributed by atoms with Crippen molar-refractivity contribution in [2.45, 2.75) is 13.5 Å². The highest BCUT2D eigenvalue weighted by atomic mass is 16.4. The summed E-state index contributed by atoms with van der Waals surface area (Å²) in [6, 6.07) is 1.81. The molecule has 0 spiro atoms. The Labute approximate surface area is 113 Å². The Morgan fingerprint density at radius 2 is 2.10 bits per heavy atom. The fourth-order valence-electron chi connectivity index (χ4n) is 1.79. The summed E-state index contributed by atoms with van der Waals surface area (Å²) in [6.45, 7) is 1.92. The van der Waals surface area contributed by atoms with E-state index in [1.807, 2.05) is 6.07 Å². The van der Waals surface area contributed by atoms with Crippen LogP contribution in [0.2, 0.25) is 0 Å². The van der Waals surface area contributed by atoms with Crippen LogP contribution in [0, 0.1) is 18.3 Å². The zero-order valence-electron chi connectivity index (χ0n) is 11.3. The van der Waals surface area contributed by atoms with Crippen molar-refractivity contribution in [1.29, 1.82) is 5.26 Å². The smallest absolute Gasteiger partial charge is 0.332 e. The summed E-state index contributed by atoms with van der Waals surface area (Å²) >= 11 is 0. The third-order valence-electron chi connectivity index (χ3n) is 2.85. The summed E-state index contributed by atoms with van der Waals surface area (Å²) in [6.07, 6.45) is 1.56. The minimum atomic E-state index is -0.637. The number of aromatic nitrogens is 3. The van der Waals surface area contributed by atoms with Gasteiger partial charge >= 0.3 is 5.69 Å². The number of hydrogen-bond donors (Lipinski definition) is 1. The lowest BCUT2D eigenvalue weighted by Crippen LogP contribution is -2.39. The quantitative estimate of drug-likeness (QED) is 0.836. The average molecular weight is 275 g/mol. The molecule has 0 saturated carbocycles. The number of hydrogen-bond acceptors (Lipinski definition) is 6. The van der Waals surface area contributed by atoms with Crippen LogP contribution in [0.1, 0.15) is 17.2 Å². The first-order chi connectivity index (χ1) is 9.45. The number of oxazole rings is 1. The fourth-order valence-corrected chi connectivity index (χ4v) is 1.79. The minimum Gasteiger partial charge on any atom is -0.444 e. The van der Waals surface area contributed by atoms with E-state index in [9.17, 15) is 9.59 Å². The number of nitrogens with one attached hydrogen (secondary N) is 1. The molecule has 8 heteroatoms. The van der Waals surface area contributed by atoms with Crippen LogP contribution in [0.25, 0.3) is 0 Å². The van der Waals surface area contributed by atoms with Gasteiger partial charge in [0.25, 0.3) is 5.56 Å². The SMILES string of the molecule is Cc1cnc(CNc2c(C#N)c(=O)n(C)c(=O)n2C)o1. The molecule has 2 aromatic heterocycles. The Morgan fingerprint density at radius 3 is 2.65 bits per heavy atom. The maximum Gasteiger partial charge on any atom is 0.332 e. The predicted molar refractivity (Wildman–Crippen MR) is 70.2 cm³/mol. The van der Waals surface area contributed by atoms with E-state index in [2.05, 4.69) is 10.3 Å². The zero-order chi connectivity index (χ0) is 14.9. The molecule has 0 amide bonds. The van der Waals surface area contributed by atoms with Gasteiger partial charge < -0.3 is 9.73 Å². The van der Waals surface area contributed by atoms with E-state index in [0.29, 0.717) is 11.7 Å². The van der Waals surface area contributed by atoms with E-state index >= 15 is 0 Å². The molecule has 0 aliphatic carbocycles. The molecule has 0 aliphatic heterocycles. The van der Waals surface area contributed by atoms with E-state index in [1.165, 1.54) is 18.7 Å². The molecule has 20 heavy (non-hydrogen) atoms. The second kappa shape index (κ2) is 5.05. The Kier molecular flexibility index (Phi) is 3.43. The van der Waals surface area contributed by atoms with Crippen molar-refractivity contribution >= 4 is 5.82 Å². The molecule has 2 rings (SSSR count). The highest BCUT2D eigenvalue weighted by Gasteiger charge is 2.15. The van der Waals surface area contributed by atoms with Gasteiger partial charge in [-0.15, -0.1) is 0 Å². The third kappa shape index (κ3) is 2.21. The molecule has 104 valence electrons. The van der Waals surface area contributed by atoms with Crippen molar-refractivity contribution < 1.29 is 4.42 Å². The molecule has 0 aromatic carbocycles. The van der Waals surface area contributed by atoms with Crippen molar-refractivity contribution in [2.24, 2.45) is 14.1 Å². The van der Waals surface area contributed by atoms with Gasteiger partial charge in [0, 0.05) is 14.1 Å². The molecular weight excluding hydrogens is 262 g/mol. The number of aryl methyl sites for hydroxylation is 1. The van der Waals surface area contributed by atoms with E-state index < -0.39 is 11.2 Å². The number of nitriles is 1. The molecule has 0 radical (unpaired) electrons. The van der Waals surface area contributed by atoms with Crippen molar-refractivity contribution in [3.05, 3.63) is 44.2 Å². The van der Waals surface area contributed by atoms with Crippen molar-refractivity contribution in [2.75, 3.05) is 5.32 Å². The maximum atomic E-state index is 11.9. The van der Waals surface area contributed by atoms with Crippen LogP contribution in [-0.2, 0) is 20.6 Å². The number of nitrogens with zero attached hydrogens (tertiary/aromatic N) is 4. The van der Waals surface area contributed by atoms with Gasteiger partial charge in [0.15, 0.2) is 5.56 Å². The summed E-state index contributed by atoms with van der Waals surface area (Å²) in [7, 11) is 2.80. The summed E-state index contributed by atoms with van der Waals surface area (Å²) in [5, 5.41) is 11.9. The van der Waals surface area contributed by atoms with Gasteiger partial charge in [0.05, 0.1) is 12.7 Å². The Hall–Kier alpha value is -2.82. The van der Waals surface area contributed by atoms with Crippen LogP contribution in [0.3, 0.4) is 0 Å². The van der Waals surface area contributed by atoms with Crippen LogP contribution >= 0.6 is 0 Å². The summed E-state index contributed by atoms with van der Waals surface area (Å²) in [5.41, 5.74) is -1.28. The lowest BCUT2D eigenvalue weighted by atomic mass is 10.3. The molecule has 2 heterocycles. The number of rotatable bonds is 3. The molecule has 0 fully saturated rings. The van der Waals surface area contributed by atoms with Gasteiger partial charge in [0.2, 0.25) is 5.89 Å². The van der Waals surface area contributed by atoms with E-state index in [-0.39, 0.29) is 17.9 Å². The van der Waals surface area contributed by atoms with Gasteiger partial charge in [-0.25, -0.2) is 9.78 Å². The van der Waals surface area contributed by atoms with E-state index in [0.717, 1.165) is 4.57 Å². The summed E-state index contributed by atoms with van der Waals surface area (Å²) in [4.78, 5) is 27.7. The summed E-state index contributed by atoms with van der Waals surface area (Å²) in [5.74, 6) is 1.20. The lowest BCUT2D eigenvalue weighted by Gasteiger charge is -2.12. The Bertz CT molecular complexity index is 806. The lowest BCUT2D eigenvalue weighted by molar-refractivity contribution is 0.478. The van der Waals surface area contributed by atoms with Gasteiger partial charge in [-0.1, -0.05) is 0 Å². The molecule has 2 aromatic rings.